The summed E-state index contributed by atoms with van der Waals surface area (Å²) in [6.45, 7) is 0. The van der Waals surface area contributed by atoms with E-state index in [-0.39, 0.29) is 10.9 Å². The van der Waals surface area contributed by atoms with Crippen molar-refractivity contribution in [2.24, 2.45) is 10.7 Å². The molecule has 0 aromatic heterocycles. The molecule has 0 saturated heterocycles. The number of thiocarbonyl (C=S) groups is 1. The van der Waals surface area contributed by atoms with Crippen LogP contribution in [0.4, 0.5) is 10.1 Å². The van der Waals surface area contributed by atoms with Crippen LogP contribution >= 0.6 is 12.2 Å². The average molecular weight is 353 g/mol. The summed E-state index contributed by atoms with van der Waals surface area (Å²) in [7, 11) is 1.56. The molecule has 0 bridgehead atoms. The number of halogens is 1. The third-order valence-corrected chi connectivity index (χ3v) is 4.03. The van der Waals surface area contributed by atoms with Crippen LogP contribution in [0.3, 0.4) is 0 Å². The topological polar surface area (TPSA) is 61.9 Å². The van der Waals surface area contributed by atoms with Crippen molar-refractivity contribution in [2.45, 2.75) is 0 Å². The Morgan fingerprint density at radius 3 is 2.52 bits per heavy atom. The Balaban J connectivity index is 2.22. The largest absolute Gasteiger partial charge is 0.507 e. The van der Waals surface area contributed by atoms with Gasteiger partial charge < -0.3 is 10.8 Å². The number of hydrogen-bond donors (Lipinski definition) is 2. The van der Waals surface area contributed by atoms with Gasteiger partial charge in [0.2, 0.25) is 0 Å². The van der Waals surface area contributed by atoms with Gasteiger partial charge in [-0.2, -0.15) is 0 Å². The normalized spacial score (nSPS) is 11.5. The second-order valence-electron chi connectivity index (χ2n) is 5.38. The Morgan fingerprint density at radius 2 is 1.84 bits per heavy atom. The van der Waals surface area contributed by atoms with Gasteiger partial charge in [-0.15, -0.1) is 0 Å². The van der Waals surface area contributed by atoms with Crippen molar-refractivity contribution < 1.29 is 9.50 Å². The van der Waals surface area contributed by atoms with Crippen molar-refractivity contribution >= 4 is 39.6 Å². The number of phenolic OH excluding ortho intramolecular Hbond substituents is 1. The van der Waals surface area contributed by atoms with Crippen molar-refractivity contribution in [3.63, 3.8) is 0 Å². The van der Waals surface area contributed by atoms with Gasteiger partial charge in [0.25, 0.3) is 0 Å². The van der Waals surface area contributed by atoms with Crippen LogP contribution in [0.15, 0.2) is 65.7 Å². The van der Waals surface area contributed by atoms with E-state index in [4.69, 9.17) is 18.0 Å². The lowest BCUT2D eigenvalue weighted by Crippen LogP contribution is -2.41. The number of rotatable bonds is 2. The lowest BCUT2D eigenvalue weighted by atomic mass is 10.1. The van der Waals surface area contributed by atoms with Gasteiger partial charge in [0.15, 0.2) is 5.11 Å². The molecule has 0 radical (unpaired) electrons. The van der Waals surface area contributed by atoms with E-state index in [0.29, 0.717) is 11.4 Å². The van der Waals surface area contributed by atoms with Crippen molar-refractivity contribution in [2.75, 3.05) is 11.9 Å². The number of aliphatic imine (C=N–C) groups is 1. The fraction of sp³-hybridized carbons (Fsp3) is 0.0526. The number of hydrogen-bond acceptors (Lipinski definition) is 3. The van der Waals surface area contributed by atoms with Crippen LogP contribution in [-0.4, -0.2) is 23.1 Å². The molecule has 3 N–H and O–H groups in total. The minimum Gasteiger partial charge on any atom is -0.507 e. The first-order valence-corrected chi connectivity index (χ1v) is 7.96. The molecule has 3 rings (SSSR count). The van der Waals surface area contributed by atoms with Crippen molar-refractivity contribution in [3.05, 3.63) is 72.0 Å². The molecule has 3 aromatic carbocycles. The zero-order valence-electron chi connectivity index (χ0n) is 13.5. The summed E-state index contributed by atoms with van der Waals surface area (Å²) < 4.78 is 13.3. The minimum absolute atomic E-state index is 0.0701. The number of benzene rings is 3. The molecular weight excluding hydrogens is 337 g/mol. The SMILES string of the molecule is CN=C(c1ccc(F)cc1O)N(C(N)=S)c1cccc2ccccc12. The lowest BCUT2D eigenvalue weighted by Gasteiger charge is -2.26. The van der Waals surface area contributed by atoms with Gasteiger partial charge in [-0.25, -0.2) is 4.39 Å². The maximum Gasteiger partial charge on any atom is 0.176 e. The molecule has 6 heteroatoms. The van der Waals surface area contributed by atoms with Gasteiger partial charge in [-0.1, -0.05) is 36.4 Å². The molecule has 4 nitrogen and oxygen atoms in total. The summed E-state index contributed by atoms with van der Waals surface area (Å²) in [5.41, 5.74) is 7.04. The van der Waals surface area contributed by atoms with Crippen LogP contribution in [0, 0.1) is 5.82 Å². The third-order valence-electron chi connectivity index (χ3n) is 3.85. The molecule has 0 aliphatic rings. The maximum absolute atomic E-state index is 13.3. The third kappa shape index (κ3) is 3.16. The van der Waals surface area contributed by atoms with Crippen molar-refractivity contribution in [1.82, 2.24) is 0 Å². The highest BCUT2D eigenvalue weighted by Gasteiger charge is 2.22. The van der Waals surface area contributed by atoms with E-state index in [1.807, 2.05) is 42.5 Å². The summed E-state index contributed by atoms with van der Waals surface area (Å²) in [6.07, 6.45) is 0. The number of phenols is 1. The predicted octanol–water partition coefficient (Wildman–Crippen LogP) is 3.81. The Morgan fingerprint density at radius 1 is 1.12 bits per heavy atom. The zero-order chi connectivity index (χ0) is 18.0. The van der Waals surface area contributed by atoms with Crippen LogP contribution in [0.5, 0.6) is 5.75 Å². The number of anilines is 1. The molecular formula is C19H16FN3OS. The minimum atomic E-state index is -0.538. The van der Waals surface area contributed by atoms with E-state index in [2.05, 4.69) is 4.99 Å². The number of nitrogens with zero attached hydrogens (tertiary/aromatic N) is 2. The average Bonchev–Trinajstić information content (AvgIpc) is 2.60. The molecule has 0 spiro atoms. The second kappa shape index (κ2) is 6.86. The first-order valence-electron chi connectivity index (χ1n) is 7.56. The van der Waals surface area contributed by atoms with Crippen molar-refractivity contribution in [3.8, 4) is 5.75 Å². The number of amidine groups is 1. The summed E-state index contributed by atoms with van der Waals surface area (Å²) in [5, 5.41) is 12.2. The zero-order valence-corrected chi connectivity index (χ0v) is 14.3. The van der Waals surface area contributed by atoms with Crippen LogP contribution in [0.1, 0.15) is 5.56 Å². The van der Waals surface area contributed by atoms with E-state index >= 15 is 0 Å². The monoisotopic (exact) mass is 353 g/mol. The van der Waals surface area contributed by atoms with Gasteiger partial charge in [0.1, 0.15) is 17.4 Å². The Labute approximate surface area is 150 Å². The van der Waals surface area contributed by atoms with Gasteiger partial charge in [0.05, 0.1) is 11.3 Å². The Hall–Kier alpha value is -2.99. The highest BCUT2D eigenvalue weighted by Crippen LogP contribution is 2.30. The van der Waals surface area contributed by atoms with Gasteiger partial charge in [0, 0.05) is 18.5 Å². The molecule has 0 amide bonds. The number of fused-ring (bicyclic) bond motifs is 1. The first kappa shape index (κ1) is 16.9. The number of aromatic hydroxyl groups is 1. The molecule has 126 valence electrons. The van der Waals surface area contributed by atoms with Gasteiger partial charge in [-0.05, 0) is 35.8 Å². The fourth-order valence-electron chi connectivity index (χ4n) is 2.78. The first-order chi connectivity index (χ1) is 12.0. The van der Waals surface area contributed by atoms with Crippen LogP contribution in [-0.2, 0) is 0 Å². The quantitative estimate of drug-likeness (QED) is 0.418. The molecule has 0 aliphatic carbocycles. The van der Waals surface area contributed by atoms with Gasteiger partial charge in [-0.3, -0.25) is 9.89 Å². The van der Waals surface area contributed by atoms with E-state index < -0.39 is 5.82 Å². The molecule has 0 heterocycles. The van der Waals surface area contributed by atoms with Gasteiger partial charge >= 0.3 is 0 Å². The van der Waals surface area contributed by atoms with E-state index in [0.717, 1.165) is 22.5 Å². The molecule has 3 aromatic rings. The van der Waals surface area contributed by atoms with Crippen LogP contribution < -0.4 is 10.6 Å². The molecule has 0 saturated carbocycles. The highest BCUT2D eigenvalue weighted by molar-refractivity contribution is 7.80. The summed E-state index contributed by atoms with van der Waals surface area (Å²) >= 11 is 5.24. The fourth-order valence-corrected chi connectivity index (χ4v) is 2.96. The predicted molar refractivity (Wildman–Crippen MR) is 104 cm³/mol. The highest BCUT2D eigenvalue weighted by atomic mass is 32.1. The van der Waals surface area contributed by atoms with Crippen LogP contribution in [0.25, 0.3) is 10.8 Å². The summed E-state index contributed by atoms with van der Waals surface area (Å²) in [4.78, 5) is 5.82. The maximum atomic E-state index is 13.3. The Kier molecular flexibility index (Phi) is 4.63. The molecule has 0 aliphatic heterocycles. The summed E-state index contributed by atoms with van der Waals surface area (Å²) in [6, 6.07) is 17.3. The molecule has 0 fully saturated rings. The lowest BCUT2D eigenvalue weighted by molar-refractivity contribution is 0.468. The van der Waals surface area contributed by atoms with Crippen molar-refractivity contribution in [1.29, 1.82) is 0 Å². The smallest absolute Gasteiger partial charge is 0.176 e. The molecule has 0 unspecified atom stereocenters. The van der Waals surface area contributed by atoms with E-state index in [1.165, 1.54) is 12.1 Å². The van der Waals surface area contributed by atoms with E-state index in [9.17, 15) is 9.50 Å². The molecule has 0 atom stereocenters. The Bertz CT molecular complexity index is 982. The summed E-state index contributed by atoms with van der Waals surface area (Å²) in [5.74, 6) is -0.438. The number of nitrogens with two attached hydrogens (primary N) is 1. The standard InChI is InChI=1S/C19H16FN3OS/c1-22-18(15-10-9-13(20)11-17(15)24)23(19(21)25)16-8-4-6-12-5-2-3-7-14(12)16/h2-11,24H,1H3,(H2,21,25). The van der Waals surface area contributed by atoms with E-state index in [1.54, 1.807) is 11.9 Å². The van der Waals surface area contributed by atoms with Crippen LogP contribution in [0.2, 0.25) is 0 Å². The second-order valence-corrected chi connectivity index (χ2v) is 5.80. The molecule has 25 heavy (non-hydrogen) atoms.